The van der Waals surface area contributed by atoms with Crippen molar-refractivity contribution in [3.63, 3.8) is 0 Å². The first-order chi connectivity index (χ1) is 5.74. The van der Waals surface area contributed by atoms with Crippen molar-refractivity contribution in [1.29, 1.82) is 0 Å². The van der Waals surface area contributed by atoms with Crippen LogP contribution in [0.15, 0.2) is 18.3 Å². The Kier molecular flexibility index (Phi) is 3.17. The molecule has 1 rings (SSSR count). The lowest BCUT2D eigenvalue weighted by molar-refractivity contribution is -0.116. The number of nitrogens with zero attached hydrogens (tertiary/aromatic N) is 1. The zero-order chi connectivity index (χ0) is 8.97. The third-order valence-electron chi connectivity index (χ3n) is 1.35. The number of aromatic nitrogens is 1. The van der Waals surface area contributed by atoms with E-state index in [1.165, 1.54) is 18.3 Å². The van der Waals surface area contributed by atoms with E-state index >= 15 is 0 Å². The monoisotopic (exact) mass is 187 g/mol. The lowest BCUT2D eigenvalue weighted by Gasteiger charge is -1.97. The van der Waals surface area contributed by atoms with E-state index in [9.17, 15) is 9.18 Å². The Labute approximate surface area is 74.4 Å². The molecule has 0 aliphatic heterocycles. The molecule has 1 aromatic heterocycles. The van der Waals surface area contributed by atoms with Crippen molar-refractivity contribution in [2.24, 2.45) is 0 Å². The first-order valence-corrected chi connectivity index (χ1v) is 3.94. The van der Waals surface area contributed by atoms with Gasteiger partial charge in [0.1, 0.15) is 5.82 Å². The highest BCUT2D eigenvalue weighted by molar-refractivity contribution is 6.27. The second kappa shape index (κ2) is 4.16. The summed E-state index contributed by atoms with van der Waals surface area (Å²) in [5.74, 6) is -0.791. The van der Waals surface area contributed by atoms with E-state index in [2.05, 4.69) is 4.98 Å². The fourth-order valence-corrected chi connectivity index (χ4v) is 0.877. The molecule has 0 bridgehead atoms. The summed E-state index contributed by atoms with van der Waals surface area (Å²) in [7, 11) is 0. The molecule has 2 nitrogen and oxygen atoms in total. The normalized spacial score (nSPS) is 9.83. The molecule has 0 saturated heterocycles. The number of Topliss-reactive ketones (excluding diaryl/α,β-unsaturated/α-hetero) is 1. The average molecular weight is 188 g/mol. The highest BCUT2D eigenvalue weighted by Crippen LogP contribution is 2.03. The third-order valence-corrected chi connectivity index (χ3v) is 1.65. The summed E-state index contributed by atoms with van der Waals surface area (Å²) >= 11 is 5.25. The van der Waals surface area contributed by atoms with Crippen LogP contribution in [-0.2, 0) is 11.2 Å². The summed E-state index contributed by atoms with van der Waals surface area (Å²) in [6.45, 7) is 0. The standard InChI is InChI=1S/C8H7ClFNO/c9-5-6(12)4-8-7(10)2-1-3-11-8/h1-3H,4-5H2. The molecule has 0 N–H and O–H groups in total. The number of hydrogen-bond donors (Lipinski definition) is 0. The molecule has 1 aromatic rings. The Morgan fingerprint density at radius 3 is 3.00 bits per heavy atom. The van der Waals surface area contributed by atoms with Crippen LogP contribution in [0.5, 0.6) is 0 Å². The van der Waals surface area contributed by atoms with E-state index in [0.29, 0.717) is 0 Å². The topological polar surface area (TPSA) is 30.0 Å². The van der Waals surface area contributed by atoms with Crippen molar-refractivity contribution in [1.82, 2.24) is 4.98 Å². The molecule has 12 heavy (non-hydrogen) atoms. The molecule has 0 aliphatic carbocycles. The molecule has 64 valence electrons. The Hall–Kier alpha value is -0.960. The Morgan fingerprint density at radius 1 is 1.67 bits per heavy atom. The maximum absolute atomic E-state index is 12.8. The van der Waals surface area contributed by atoms with Gasteiger partial charge in [0.2, 0.25) is 0 Å². The van der Waals surface area contributed by atoms with Crippen LogP contribution >= 0.6 is 11.6 Å². The van der Waals surface area contributed by atoms with E-state index in [-0.39, 0.29) is 23.8 Å². The van der Waals surface area contributed by atoms with Crippen molar-refractivity contribution in [3.8, 4) is 0 Å². The summed E-state index contributed by atoms with van der Waals surface area (Å²) < 4.78 is 12.8. The van der Waals surface area contributed by atoms with Crippen molar-refractivity contribution in [2.45, 2.75) is 6.42 Å². The SMILES string of the molecule is O=C(CCl)Cc1ncccc1F. The maximum atomic E-state index is 12.8. The fraction of sp³-hybridized carbons (Fsp3) is 0.250. The zero-order valence-electron chi connectivity index (χ0n) is 6.26. The molecule has 0 fully saturated rings. The molecule has 0 atom stereocenters. The summed E-state index contributed by atoms with van der Waals surface area (Å²) in [5, 5.41) is 0. The smallest absolute Gasteiger partial charge is 0.153 e. The Bertz CT molecular complexity index is 290. The highest BCUT2D eigenvalue weighted by Gasteiger charge is 2.07. The maximum Gasteiger partial charge on any atom is 0.153 e. The number of halogens is 2. The van der Waals surface area contributed by atoms with Crippen LogP contribution in [0.2, 0.25) is 0 Å². The van der Waals surface area contributed by atoms with Gasteiger partial charge in [-0.15, -0.1) is 11.6 Å². The minimum Gasteiger partial charge on any atom is -0.298 e. The number of hydrogen-bond acceptors (Lipinski definition) is 2. The van der Waals surface area contributed by atoms with E-state index in [1.807, 2.05) is 0 Å². The van der Waals surface area contributed by atoms with Gasteiger partial charge in [0.15, 0.2) is 5.78 Å². The average Bonchev–Trinajstić information content (AvgIpc) is 2.09. The molecule has 0 radical (unpaired) electrons. The van der Waals surface area contributed by atoms with Gasteiger partial charge in [0.05, 0.1) is 18.0 Å². The Morgan fingerprint density at radius 2 is 2.42 bits per heavy atom. The van der Waals surface area contributed by atoms with Crippen molar-refractivity contribution in [2.75, 3.05) is 5.88 Å². The van der Waals surface area contributed by atoms with Gasteiger partial charge in [-0.1, -0.05) is 0 Å². The largest absolute Gasteiger partial charge is 0.298 e. The van der Waals surface area contributed by atoms with Gasteiger partial charge in [0, 0.05) is 6.20 Å². The highest BCUT2D eigenvalue weighted by atomic mass is 35.5. The van der Waals surface area contributed by atoms with Crippen LogP contribution in [-0.4, -0.2) is 16.6 Å². The summed E-state index contributed by atoms with van der Waals surface area (Å²) in [6.07, 6.45) is 1.41. The lowest BCUT2D eigenvalue weighted by Crippen LogP contribution is -2.07. The number of carbonyl (C=O) groups excluding carboxylic acids is 1. The van der Waals surface area contributed by atoms with Gasteiger partial charge in [-0.25, -0.2) is 4.39 Å². The summed E-state index contributed by atoms with van der Waals surface area (Å²) in [5.41, 5.74) is 0.156. The predicted molar refractivity (Wildman–Crippen MR) is 43.6 cm³/mol. The van der Waals surface area contributed by atoms with Crippen LogP contribution in [0.25, 0.3) is 0 Å². The summed E-state index contributed by atoms with van der Waals surface area (Å²) in [6, 6.07) is 2.74. The zero-order valence-corrected chi connectivity index (χ0v) is 7.01. The molecule has 0 amide bonds. The van der Waals surface area contributed by atoms with Crippen LogP contribution in [0.4, 0.5) is 4.39 Å². The molecule has 0 unspecified atom stereocenters. The van der Waals surface area contributed by atoms with Gasteiger partial charge in [0.25, 0.3) is 0 Å². The molecule has 0 aromatic carbocycles. The number of rotatable bonds is 3. The van der Waals surface area contributed by atoms with Gasteiger partial charge in [-0.2, -0.15) is 0 Å². The van der Waals surface area contributed by atoms with Gasteiger partial charge >= 0.3 is 0 Å². The molecule has 1 heterocycles. The van der Waals surface area contributed by atoms with Crippen molar-refractivity contribution < 1.29 is 9.18 Å². The molecular weight excluding hydrogens is 181 g/mol. The minimum absolute atomic E-state index is 0.0316. The van der Waals surface area contributed by atoms with Crippen LogP contribution in [0.1, 0.15) is 5.69 Å². The first-order valence-electron chi connectivity index (χ1n) is 3.41. The van der Waals surface area contributed by atoms with Gasteiger partial charge < -0.3 is 0 Å². The number of alkyl halides is 1. The van der Waals surface area contributed by atoms with E-state index in [1.54, 1.807) is 0 Å². The predicted octanol–water partition coefficient (Wildman–Crippen LogP) is 1.57. The number of ketones is 1. The van der Waals surface area contributed by atoms with Crippen molar-refractivity contribution in [3.05, 3.63) is 29.8 Å². The minimum atomic E-state index is -0.462. The van der Waals surface area contributed by atoms with Crippen LogP contribution in [0, 0.1) is 5.82 Å². The first kappa shape index (κ1) is 9.13. The lowest BCUT2D eigenvalue weighted by atomic mass is 10.2. The quantitative estimate of drug-likeness (QED) is 0.673. The second-order valence-electron chi connectivity index (χ2n) is 2.28. The third kappa shape index (κ3) is 2.27. The van der Waals surface area contributed by atoms with Gasteiger partial charge in [-0.3, -0.25) is 9.78 Å². The summed E-state index contributed by atoms with van der Waals surface area (Å²) in [4.78, 5) is 14.5. The molecular formula is C8H7ClFNO. The Balaban J connectivity index is 2.75. The molecule has 0 saturated carbocycles. The molecule has 0 spiro atoms. The van der Waals surface area contributed by atoms with E-state index in [4.69, 9.17) is 11.6 Å². The van der Waals surface area contributed by atoms with Crippen LogP contribution < -0.4 is 0 Å². The van der Waals surface area contributed by atoms with E-state index < -0.39 is 5.82 Å². The van der Waals surface area contributed by atoms with Crippen molar-refractivity contribution >= 4 is 17.4 Å². The number of carbonyl (C=O) groups is 1. The molecule has 0 aliphatic rings. The fourth-order valence-electron chi connectivity index (χ4n) is 0.782. The van der Waals surface area contributed by atoms with E-state index in [0.717, 1.165) is 0 Å². The molecule has 4 heteroatoms. The number of pyridine rings is 1. The van der Waals surface area contributed by atoms with Crippen LogP contribution in [0.3, 0.4) is 0 Å². The van der Waals surface area contributed by atoms with Gasteiger partial charge in [-0.05, 0) is 12.1 Å². The second-order valence-corrected chi connectivity index (χ2v) is 2.55.